The number of hydrogen-bond acceptors (Lipinski definition) is 4. The molecule has 7 heteroatoms. The highest BCUT2D eigenvalue weighted by molar-refractivity contribution is 9.10. The second-order valence-corrected chi connectivity index (χ2v) is 8.75. The van der Waals surface area contributed by atoms with Gasteiger partial charge in [-0.25, -0.2) is 18.4 Å². The first kappa shape index (κ1) is 13.6. The van der Waals surface area contributed by atoms with E-state index in [2.05, 4.69) is 25.9 Å². The van der Waals surface area contributed by atoms with Gasteiger partial charge in [0.15, 0.2) is 5.65 Å². The number of aromatic nitrogens is 2. The van der Waals surface area contributed by atoms with Crippen LogP contribution in [0.25, 0.3) is 11.0 Å². The van der Waals surface area contributed by atoms with Gasteiger partial charge in [-0.05, 0) is 46.5 Å². The van der Waals surface area contributed by atoms with E-state index in [-0.39, 0.29) is 5.25 Å². The van der Waals surface area contributed by atoms with Gasteiger partial charge in [0, 0.05) is 41.3 Å². The van der Waals surface area contributed by atoms with Gasteiger partial charge in [0.25, 0.3) is 0 Å². The predicted molar refractivity (Wildman–Crippen MR) is 83.3 cm³/mol. The Kier molecular flexibility index (Phi) is 3.06. The molecule has 3 heterocycles. The van der Waals surface area contributed by atoms with Crippen LogP contribution in [0, 0.1) is 0 Å². The molecule has 0 radical (unpaired) electrons. The summed E-state index contributed by atoms with van der Waals surface area (Å²) in [4.78, 5) is 8.89. The van der Waals surface area contributed by atoms with E-state index in [0.29, 0.717) is 19.5 Å². The molecule has 0 N–H and O–H groups in total. The molecule has 1 saturated carbocycles. The van der Waals surface area contributed by atoms with Gasteiger partial charge >= 0.3 is 0 Å². The quantitative estimate of drug-likeness (QED) is 0.816. The van der Waals surface area contributed by atoms with Gasteiger partial charge in [-0.2, -0.15) is 4.31 Å². The molecule has 5 nitrogen and oxygen atoms in total. The lowest BCUT2D eigenvalue weighted by atomic mass is 10.1. The summed E-state index contributed by atoms with van der Waals surface area (Å²) in [7, 11) is -3.11. The molecule has 1 fully saturated rings. The Labute approximate surface area is 131 Å². The third-order valence-corrected chi connectivity index (χ3v) is 6.83. The smallest absolute Gasteiger partial charge is 0.217 e. The zero-order valence-electron chi connectivity index (χ0n) is 11.3. The molecule has 2 aliphatic rings. The van der Waals surface area contributed by atoms with Crippen molar-refractivity contribution in [1.82, 2.24) is 14.3 Å². The molecular formula is C14H14BrN3O2S. The Balaban J connectivity index is 1.74. The minimum Gasteiger partial charge on any atom is -0.235 e. The van der Waals surface area contributed by atoms with Gasteiger partial charge in [-0.3, -0.25) is 0 Å². The van der Waals surface area contributed by atoms with Crippen molar-refractivity contribution >= 4 is 37.0 Å². The standard InChI is InChI=1S/C14H14BrN3O2S/c15-11-6-9-5-10-8-18(21(19,20)12-1-2-12)4-3-13(10)17-14(9)16-7-11/h5-7,12H,1-4,8H2. The molecule has 110 valence electrons. The largest absolute Gasteiger partial charge is 0.235 e. The van der Waals surface area contributed by atoms with Crippen LogP contribution in [-0.4, -0.2) is 34.5 Å². The average molecular weight is 368 g/mol. The Morgan fingerprint density at radius 2 is 2.10 bits per heavy atom. The summed E-state index contributed by atoms with van der Waals surface area (Å²) in [6, 6.07) is 3.98. The van der Waals surface area contributed by atoms with E-state index < -0.39 is 10.0 Å². The lowest BCUT2D eigenvalue weighted by molar-refractivity contribution is 0.387. The van der Waals surface area contributed by atoms with Gasteiger partial charge in [0.2, 0.25) is 10.0 Å². The Bertz CT molecular complexity index is 833. The van der Waals surface area contributed by atoms with Gasteiger partial charge in [0.1, 0.15) is 0 Å². The number of pyridine rings is 2. The first-order chi connectivity index (χ1) is 10.0. The summed E-state index contributed by atoms with van der Waals surface area (Å²) >= 11 is 3.40. The second kappa shape index (κ2) is 4.72. The normalized spacial score (nSPS) is 19.7. The molecule has 4 rings (SSSR count). The van der Waals surface area contributed by atoms with Crippen molar-refractivity contribution in [3.05, 3.63) is 34.1 Å². The van der Waals surface area contributed by atoms with Crippen LogP contribution in [0.2, 0.25) is 0 Å². The number of sulfonamides is 1. The molecule has 0 saturated heterocycles. The number of nitrogens with zero attached hydrogens (tertiary/aromatic N) is 3. The van der Waals surface area contributed by atoms with Crippen LogP contribution in [0.15, 0.2) is 22.8 Å². The minimum absolute atomic E-state index is 0.150. The highest BCUT2D eigenvalue weighted by atomic mass is 79.9. The summed E-state index contributed by atoms with van der Waals surface area (Å²) in [5.41, 5.74) is 2.69. The van der Waals surface area contributed by atoms with Crippen molar-refractivity contribution in [2.24, 2.45) is 0 Å². The third-order valence-electron chi connectivity index (χ3n) is 4.05. The third kappa shape index (κ3) is 2.37. The Morgan fingerprint density at radius 3 is 2.86 bits per heavy atom. The molecule has 0 bridgehead atoms. The Hall–Kier alpha value is -1.05. The van der Waals surface area contributed by atoms with E-state index in [1.807, 2.05) is 12.1 Å². The molecule has 0 atom stereocenters. The molecule has 1 aliphatic heterocycles. The van der Waals surface area contributed by atoms with Crippen LogP contribution in [0.4, 0.5) is 0 Å². The molecule has 0 unspecified atom stereocenters. The lowest BCUT2D eigenvalue weighted by Crippen LogP contribution is -2.38. The van der Waals surface area contributed by atoms with E-state index in [9.17, 15) is 8.42 Å². The fraction of sp³-hybridized carbons (Fsp3) is 0.429. The van der Waals surface area contributed by atoms with E-state index in [0.717, 1.165) is 39.6 Å². The van der Waals surface area contributed by atoms with Crippen LogP contribution in [0.5, 0.6) is 0 Å². The van der Waals surface area contributed by atoms with Crippen molar-refractivity contribution in [2.75, 3.05) is 6.54 Å². The lowest BCUT2D eigenvalue weighted by Gasteiger charge is -2.27. The summed E-state index contributed by atoms with van der Waals surface area (Å²) in [5, 5.41) is 0.789. The van der Waals surface area contributed by atoms with Crippen molar-refractivity contribution in [3.63, 3.8) is 0 Å². The maximum atomic E-state index is 12.4. The number of halogens is 1. The van der Waals surface area contributed by atoms with Crippen LogP contribution in [-0.2, 0) is 23.0 Å². The summed E-state index contributed by atoms with van der Waals surface area (Å²) in [5.74, 6) is 0. The van der Waals surface area contributed by atoms with Crippen molar-refractivity contribution in [3.8, 4) is 0 Å². The number of rotatable bonds is 2. The second-order valence-electron chi connectivity index (χ2n) is 5.62. The molecular weight excluding hydrogens is 354 g/mol. The van der Waals surface area contributed by atoms with Crippen LogP contribution >= 0.6 is 15.9 Å². The number of hydrogen-bond donors (Lipinski definition) is 0. The molecule has 0 spiro atoms. The highest BCUT2D eigenvalue weighted by Crippen LogP contribution is 2.33. The van der Waals surface area contributed by atoms with E-state index in [4.69, 9.17) is 0 Å². The zero-order chi connectivity index (χ0) is 14.6. The molecule has 0 aromatic carbocycles. The van der Waals surface area contributed by atoms with Crippen molar-refractivity contribution in [2.45, 2.75) is 31.1 Å². The summed E-state index contributed by atoms with van der Waals surface area (Å²) in [6.07, 6.45) is 4.00. The van der Waals surface area contributed by atoms with E-state index >= 15 is 0 Å². The monoisotopic (exact) mass is 367 g/mol. The minimum atomic E-state index is -3.11. The van der Waals surface area contributed by atoms with Gasteiger partial charge in [-0.1, -0.05) is 0 Å². The topological polar surface area (TPSA) is 63.2 Å². The van der Waals surface area contributed by atoms with Crippen molar-refractivity contribution < 1.29 is 8.42 Å². The van der Waals surface area contributed by atoms with Crippen molar-refractivity contribution in [1.29, 1.82) is 0 Å². The first-order valence-electron chi connectivity index (χ1n) is 6.97. The fourth-order valence-electron chi connectivity index (χ4n) is 2.76. The van der Waals surface area contributed by atoms with Crippen LogP contribution in [0.1, 0.15) is 24.1 Å². The number of fused-ring (bicyclic) bond motifs is 2. The van der Waals surface area contributed by atoms with Gasteiger partial charge in [-0.15, -0.1) is 0 Å². The molecule has 21 heavy (non-hydrogen) atoms. The SMILES string of the molecule is O=S(=O)(C1CC1)N1CCc2nc3ncc(Br)cc3cc2C1. The van der Waals surface area contributed by atoms with Gasteiger partial charge < -0.3 is 0 Å². The maximum absolute atomic E-state index is 12.4. The first-order valence-corrected chi connectivity index (χ1v) is 9.27. The molecule has 2 aromatic heterocycles. The van der Waals surface area contributed by atoms with Gasteiger partial charge in [0.05, 0.1) is 5.25 Å². The average Bonchev–Trinajstić information content (AvgIpc) is 3.29. The zero-order valence-corrected chi connectivity index (χ0v) is 13.7. The molecule has 2 aromatic rings. The highest BCUT2D eigenvalue weighted by Gasteiger charge is 2.41. The maximum Gasteiger partial charge on any atom is 0.217 e. The van der Waals surface area contributed by atoms with E-state index in [1.165, 1.54) is 0 Å². The van der Waals surface area contributed by atoms with E-state index in [1.54, 1.807) is 10.5 Å². The fourth-order valence-corrected chi connectivity index (χ4v) is 4.93. The Morgan fingerprint density at radius 1 is 1.29 bits per heavy atom. The van der Waals surface area contributed by atoms with Crippen LogP contribution < -0.4 is 0 Å². The predicted octanol–water partition coefficient (Wildman–Crippen LogP) is 2.24. The summed E-state index contributed by atoms with van der Waals surface area (Å²) in [6.45, 7) is 0.963. The molecule has 1 aliphatic carbocycles. The summed E-state index contributed by atoms with van der Waals surface area (Å²) < 4.78 is 27.2. The van der Waals surface area contributed by atoms with Crippen LogP contribution in [0.3, 0.4) is 0 Å². The molecule has 0 amide bonds.